The third-order valence-corrected chi connectivity index (χ3v) is 5.97. The van der Waals surface area contributed by atoms with Gasteiger partial charge in [0, 0.05) is 55.6 Å². The molecule has 4 heterocycles. The van der Waals surface area contributed by atoms with Crippen LogP contribution >= 0.6 is 0 Å². The zero-order valence-electron chi connectivity index (χ0n) is 17.2. The van der Waals surface area contributed by atoms with E-state index < -0.39 is 0 Å². The average molecular weight is 404 g/mol. The highest BCUT2D eigenvalue weighted by atomic mass is 19.1. The highest BCUT2D eigenvalue weighted by Gasteiger charge is 2.21. The van der Waals surface area contributed by atoms with E-state index in [-0.39, 0.29) is 5.82 Å². The summed E-state index contributed by atoms with van der Waals surface area (Å²) in [5.74, 6) is 0.579. The molecule has 0 aliphatic carbocycles. The molecule has 6 nitrogen and oxygen atoms in total. The lowest BCUT2D eigenvalue weighted by Gasteiger charge is -2.28. The van der Waals surface area contributed by atoms with Crippen molar-refractivity contribution in [2.45, 2.75) is 45.7 Å². The summed E-state index contributed by atoms with van der Waals surface area (Å²) in [4.78, 5) is 16.5. The minimum Gasteiger partial charge on any atom is -0.294 e. The van der Waals surface area contributed by atoms with Gasteiger partial charge in [0.25, 0.3) is 0 Å². The molecule has 0 unspecified atom stereocenters. The van der Waals surface area contributed by atoms with E-state index in [2.05, 4.69) is 26.9 Å². The fourth-order valence-electron chi connectivity index (χ4n) is 4.21. The van der Waals surface area contributed by atoms with Crippen molar-refractivity contribution in [3.8, 4) is 5.69 Å². The topological polar surface area (TPSA) is 59.2 Å². The van der Waals surface area contributed by atoms with E-state index in [4.69, 9.17) is 4.98 Å². The average Bonchev–Trinajstić information content (AvgIpc) is 3.14. The number of fused-ring (bicyclic) bond motifs is 1. The summed E-state index contributed by atoms with van der Waals surface area (Å²) in [6.45, 7) is 5.57. The molecule has 0 spiro atoms. The molecule has 154 valence electrons. The highest BCUT2D eigenvalue weighted by Crippen LogP contribution is 2.22. The molecule has 0 amide bonds. The molecule has 2 aliphatic rings. The fraction of sp³-hybridized carbons (Fsp3) is 0.391. The number of benzene rings is 1. The van der Waals surface area contributed by atoms with Gasteiger partial charge < -0.3 is 0 Å². The maximum atomic E-state index is 13.2. The number of hydrogen-bond donors (Lipinski definition) is 0. The van der Waals surface area contributed by atoms with Crippen LogP contribution in [-0.4, -0.2) is 43.4 Å². The van der Waals surface area contributed by atoms with Crippen molar-refractivity contribution in [3.05, 3.63) is 70.8 Å². The first-order valence-electron chi connectivity index (χ1n) is 10.6. The summed E-state index contributed by atoms with van der Waals surface area (Å²) in [6, 6.07) is 6.43. The molecule has 5 rings (SSSR count). The van der Waals surface area contributed by atoms with E-state index in [0.29, 0.717) is 0 Å². The Labute approximate surface area is 175 Å². The number of aliphatic imine (C=N–C) groups is 1. The van der Waals surface area contributed by atoms with Crippen molar-refractivity contribution in [1.29, 1.82) is 0 Å². The summed E-state index contributed by atoms with van der Waals surface area (Å²) in [7, 11) is 0. The van der Waals surface area contributed by atoms with Crippen LogP contribution in [0.5, 0.6) is 0 Å². The smallest absolute Gasteiger partial charge is 0.173 e. The maximum absolute atomic E-state index is 13.2. The Morgan fingerprint density at radius 2 is 1.93 bits per heavy atom. The lowest BCUT2D eigenvalue weighted by atomic mass is 10.0. The Hall–Kier alpha value is -2.93. The van der Waals surface area contributed by atoms with Crippen LogP contribution in [0.3, 0.4) is 0 Å². The normalized spacial score (nSPS) is 16.9. The predicted molar refractivity (Wildman–Crippen MR) is 113 cm³/mol. The largest absolute Gasteiger partial charge is 0.294 e. The Bertz CT molecular complexity index is 1090. The van der Waals surface area contributed by atoms with Crippen LogP contribution in [0.4, 0.5) is 4.39 Å². The van der Waals surface area contributed by atoms with Gasteiger partial charge in [-0.15, -0.1) is 0 Å². The number of aromatic nitrogens is 4. The summed E-state index contributed by atoms with van der Waals surface area (Å²) in [6.07, 6.45) is 8.15. The lowest BCUT2D eigenvalue weighted by Crippen LogP contribution is -2.31. The van der Waals surface area contributed by atoms with Crippen LogP contribution in [0.1, 0.15) is 47.6 Å². The second kappa shape index (κ2) is 8.07. The predicted octanol–water partition coefficient (Wildman–Crippen LogP) is 3.64. The summed E-state index contributed by atoms with van der Waals surface area (Å²) >= 11 is 0. The van der Waals surface area contributed by atoms with Gasteiger partial charge in [0.05, 0.1) is 23.3 Å². The molecule has 3 aromatic rings. The Morgan fingerprint density at radius 1 is 1.07 bits per heavy atom. The van der Waals surface area contributed by atoms with Gasteiger partial charge in [-0.3, -0.25) is 9.89 Å². The van der Waals surface area contributed by atoms with E-state index in [0.717, 1.165) is 67.6 Å². The molecule has 0 radical (unpaired) electrons. The van der Waals surface area contributed by atoms with Gasteiger partial charge in [0.15, 0.2) is 5.82 Å². The summed E-state index contributed by atoms with van der Waals surface area (Å²) < 4.78 is 15.1. The lowest BCUT2D eigenvalue weighted by molar-refractivity contribution is 0.242. The Morgan fingerprint density at radius 3 is 2.73 bits per heavy atom. The van der Waals surface area contributed by atoms with Crippen molar-refractivity contribution in [2.75, 3.05) is 13.1 Å². The second-order valence-electron chi connectivity index (χ2n) is 8.06. The monoisotopic (exact) mass is 404 g/mol. The third kappa shape index (κ3) is 3.77. The zero-order valence-corrected chi connectivity index (χ0v) is 17.2. The minimum atomic E-state index is -0.239. The van der Waals surface area contributed by atoms with Gasteiger partial charge in [-0.05, 0) is 50.5 Å². The van der Waals surface area contributed by atoms with E-state index in [9.17, 15) is 4.39 Å². The number of nitrogens with zero attached hydrogens (tertiary/aromatic N) is 6. The molecule has 30 heavy (non-hydrogen) atoms. The van der Waals surface area contributed by atoms with Crippen molar-refractivity contribution in [1.82, 2.24) is 24.6 Å². The molecule has 0 N–H and O–H groups in total. The third-order valence-electron chi connectivity index (χ3n) is 5.97. The van der Waals surface area contributed by atoms with E-state index >= 15 is 0 Å². The molecule has 2 aliphatic heterocycles. The van der Waals surface area contributed by atoms with Crippen LogP contribution in [0, 0.1) is 12.7 Å². The van der Waals surface area contributed by atoms with Crippen LogP contribution in [0.2, 0.25) is 0 Å². The molecule has 7 heteroatoms. The second-order valence-corrected chi connectivity index (χ2v) is 8.06. The van der Waals surface area contributed by atoms with Gasteiger partial charge in [0.2, 0.25) is 0 Å². The molecule has 0 atom stereocenters. The summed E-state index contributed by atoms with van der Waals surface area (Å²) in [5.41, 5.74) is 6.55. The van der Waals surface area contributed by atoms with Gasteiger partial charge in [0.1, 0.15) is 5.82 Å². The van der Waals surface area contributed by atoms with Crippen LogP contribution in [-0.2, 0) is 19.5 Å². The van der Waals surface area contributed by atoms with Gasteiger partial charge in [-0.2, -0.15) is 5.10 Å². The van der Waals surface area contributed by atoms with Crippen molar-refractivity contribution in [2.24, 2.45) is 4.99 Å². The van der Waals surface area contributed by atoms with Crippen molar-refractivity contribution >= 4 is 5.71 Å². The summed E-state index contributed by atoms with van der Waals surface area (Å²) in [5, 5.41) is 4.52. The molecule has 0 saturated heterocycles. The van der Waals surface area contributed by atoms with Gasteiger partial charge in [-0.1, -0.05) is 0 Å². The van der Waals surface area contributed by atoms with Crippen molar-refractivity contribution < 1.29 is 4.39 Å². The number of hydrogen-bond acceptors (Lipinski definition) is 5. The standard InChI is InChI=1S/C23H25FN6/c1-16-17(13-27-30(16)20-7-5-19(24)6-8-20)14-29-11-9-21-18(15-29)12-26-23(28-21)22-4-2-3-10-25-22/h5-8,12-13H,2-4,9-11,14-15H2,1H3. The van der Waals surface area contributed by atoms with Crippen LogP contribution in [0.15, 0.2) is 41.7 Å². The molecule has 0 fully saturated rings. The Balaban J connectivity index is 1.30. The van der Waals surface area contributed by atoms with Crippen LogP contribution < -0.4 is 0 Å². The molecule has 0 saturated carbocycles. The minimum absolute atomic E-state index is 0.239. The maximum Gasteiger partial charge on any atom is 0.173 e. The van der Waals surface area contributed by atoms with E-state index in [1.54, 1.807) is 12.1 Å². The van der Waals surface area contributed by atoms with E-state index in [1.807, 2.05) is 17.1 Å². The quantitative estimate of drug-likeness (QED) is 0.666. The first-order chi connectivity index (χ1) is 14.7. The molecular weight excluding hydrogens is 379 g/mol. The first kappa shape index (κ1) is 19.1. The number of halogens is 1. The number of rotatable bonds is 4. The van der Waals surface area contributed by atoms with Gasteiger partial charge >= 0.3 is 0 Å². The molecule has 0 bridgehead atoms. The van der Waals surface area contributed by atoms with Crippen molar-refractivity contribution in [3.63, 3.8) is 0 Å². The molecule has 2 aromatic heterocycles. The highest BCUT2D eigenvalue weighted by molar-refractivity contribution is 5.97. The van der Waals surface area contributed by atoms with E-state index in [1.165, 1.54) is 36.1 Å². The SMILES string of the molecule is Cc1c(CN2CCc3nc(C4=NCCCC4)ncc3C2)cnn1-c1ccc(F)cc1. The fourth-order valence-corrected chi connectivity index (χ4v) is 4.21. The van der Waals surface area contributed by atoms with Crippen LogP contribution in [0.25, 0.3) is 5.69 Å². The van der Waals surface area contributed by atoms with Gasteiger partial charge in [-0.25, -0.2) is 19.0 Å². The first-order valence-corrected chi connectivity index (χ1v) is 10.6. The molecular formula is C23H25FN6. The zero-order chi connectivity index (χ0) is 20.5. The molecule has 1 aromatic carbocycles. The Kier molecular flexibility index (Phi) is 5.12.